The van der Waals surface area contributed by atoms with Gasteiger partial charge >= 0.3 is 0 Å². The van der Waals surface area contributed by atoms with Crippen LogP contribution in [0, 0.1) is 0 Å². The van der Waals surface area contributed by atoms with Crippen molar-refractivity contribution in [2.75, 3.05) is 4.90 Å². The van der Waals surface area contributed by atoms with Crippen LogP contribution < -0.4 is 4.90 Å². The minimum atomic E-state index is 1.10. The molecule has 0 saturated heterocycles. The summed E-state index contributed by atoms with van der Waals surface area (Å²) in [6.45, 7) is 2.04. The number of aromatic nitrogens is 1. The Balaban J connectivity index is 1.12. The van der Waals surface area contributed by atoms with Crippen molar-refractivity contribution in [1.29, 1.82) is 0 Å². The maximum atomic E-state index is 2.50. The number of rotatable bonds is 8. The molecule has 306 valence electrons. The normalized spacial score (nSPS) is 12.2. The second kappa shape index (κ2) is 16.0. The van der Waals surface area contributed by atoms with Gasteiger partial charge in [0.15, 0.2) is 0 Å². The van der Waals surface area contributed by atoms with Crippen LogP contribution >= 0.6 is 0 Å². The Morgan fingerprint density at radius 1 is 0.415 bits per heavy atom. The fourth-order valence-electron chi connectivity index (χ4n) is 10.2. The summed E-state index contributed by atoms with van der Waals surface area (Å²) in [6, 6.07) is 82.6. The zero-order chi connectivity index (χ0) is 43.3. The zero-order valence-electron chi connectivity index (χ0n) is 36.1. The minimum absolute atomic E-state index is 1.10. The summed E-state index contributed by atoms with van der Waals surface area (Å²) >= 11 is 0. The van der Waals surface area contributed by atoms with Gasteiger partial charge in [0.2, 0.25) is 0 Å². The lowest BCUT2D eigenvalue weighted by molar-refractivity contribution is 1.18. The van der Waals surface area contributed by atoms with E-state index >= 15 is 0 Å². The molecule has 65 heavy (non-hydrogen) atoms. The first kappa shape index (κ1) is 38.2. The van der Waals surface area contributed by atoms with Crippen LogP contribution in [-0.2, 0) is 0 Å². The van der Waals surface area contributed by atoms with E-state index in [1.54, 1.807) is 0 Å². The molecule has 1 heterocycles. The quantitative estimate of drug-likeness (QED) is 0.109. The van der Waals surface area contributed by atoms with Crippen LogP contribution in [0.15, 0.2) is 243 Å². The van der Waals surface area contributed by atoms with Crippen LogP contribution in [0.3, 0.4) is 0 Å². The van der Waals surface area contributed by atoms with Crippen molar-refractivity contribution in [2.24, 2.45) is 0 Å². The van der Waals surface area contributed by atoms with Gasteiger partial charge in [-0.25, -0.2) is 0 Å². The molecule has 0 fully saturated rings. The Morgan fingerprint density at radius 2 is 1.00 bits per heavy atom. The van der Waals surface area contributed by atoms with Crippen molar-refractivity contribution >= 4 is 77.6 Å². The van der Waals surface area contributed by atoms with Gasteiger partial charge in [-0.1, -0.05) is 194 Å². The molecule has 0 unspecified atom stereocenters. The highest BCUT2D eigenvalue weighted by Gasteiger charge is 2.29. The predicted molar refractivity (Wildman–Crippen MR) is 278 cm³/mol. The molecule has 0 amide bonds. The molecule has 10 aromatic carbocycles. The first-order chi connectivity index (χ1) is 32.2. The molecule has 1 aliphatic carbocycles. The van der Waals surface area contributed by atoms with Crippen molar-refractivity contribution in [2.45, 2.75) is 6.92 Å². The number of hydrogen-bond acceptors (Lipinski definition) is 1. The lowest BCUT2D eigenvalue weighted by Gasteiger charge is -2.28. The van der Waals surface area contributed by atoms with Crippen molar-refractivity contribution in [3.63, 3.8) is 0 Å². The summed E-state index contributed by atoms with van der Waals surface area (Å²) in [5.74, 6) is 0. The van der Waals surface area contributed by atoms with E-state index in [1.807, 2.05) is 13.0 Å². The molecule has 12 rings (SSSR count). The number of allylic oxidation sites excluding steroid dienone is 3. The maximum absolute atomic E-state index is 2.50. The van der Waals surface area contributed by atoms with Gasteiger partial charge in [0.25, 0.3) is 0 Å². The molecule has 0 N–H and O–H groups in total. The first-order valence-corrected chi connectivity index (χ1v) is 22.5. The number of para-hydroxylation sites is 1. The fourth-order valence-corrected chi connectivity index (χ4v) is 10.2. The fraction of sp³-hybridized carbons (Fsp3) is 0.0159. The highest BCUT2D eigenvalue weighted by molar-refractivity contribution is 6.17. The highest BCUT2D eigenvalue weighted by Crippen LogP contribution is 2.52. The monoisotopic (exact) mass is 828 g/mol. The molecule has 2 nitrogen and oxygen atoms in total. The Labute approximate surface area is 379 Å². The predicted octanol–water partition coefficient (Wildman–Crippen LogP) is 17.1. The Morgan fingerprint density at radius 3 is 1.75 bits per heavy atom. The molecule has 1 aliphatic rings. The minimum Gasteiger partial charge on any atom is -0.310 e. The number of benzene rings is 10. The van der Waals surface area contributed by atoms with Gasteiger partial charge in [-0.05, 0) is 128 Å². The smallest absolute Gasteiger partial charge is 0.0546 e. The lowest BCUT2D eigenvalue weighted by atomic mass is 9.88. The standard InChI is InChI=1S/C63H44N2/c1-2-3-6-19-43-32-34-47(35-33-43)65-59-31-18-17-29-55(59)57-41-49(37-39-60(57)65)64(61-40-46-24-11-12-25-50(46)51-26-13-15-28-54(51)61)48-36-38-53-52-27-14-16-30-56(52)63(58(53)42-48)62(44-20-7-4-8-21-44)45-22-9-5-10-23-45/h2-42H,1H3/b3-2-,19-6-. The van der Waals surface area contributed by atoms with E-state index in [-0.39, 0.29) is 0 Å². The third kappa shape index (κ3) is 6.50. The summed E-state index contributed by atoms with van der Waals surface area (Å²) in [5.41, 5.74) is 17.8. The molecule has 0 spiro atoms. The average Bonchev–Trinajstić information content (AvgIpc) is 3.87. The van der Waals surface area contributed by atoms with Crippen molar-refractivity contribution in [1.82, 2.24) is 4.57 Å². The SMILES string of the molecule is C/C=C\C=C/c1ccc(-n2c3ccccc3c3cc(N(c4ccc5c(c4)C(=C(c4ccccc4)c4ccccc4)c4ccccc4-5)c4cc5ccccc5c5ccccc45)ccc32)cc1. The number of hydrogen-bond donors (Lipinski definition) is 0. The van der Waals surface area contributed by atoms with Crippen LogP contribution in [0.25, 0.3) is 77.4 Å². The van der Waals surface area contributed by atoms with Gasteiger partial charge in [0.1, 0.15) is 0 Å². The van der Waals surface area contributed by atoms with E-state index in [0.29, 0.717) is 0 Å². The van der Waals surface area contributed by atoms with Crippen LogP contribution in [-0.4, -0.2) is 4.57 Å². The van der Waals surface area contributed by atoms with Crippen LogP contribution in [0.4, 0.5) is 17.1 Å². The Bertz CT molecular complexity index is 3660. The summed E-state index contributed by atoms with van der Waals surface area (Å²) in [6.07, 6.45) is 8.34. The molecule has 11 aromatic rings. The van der Waals surface area contributed by atoms with Gasteiger partial charge in [-0.3, -0.25) is 0 Å². The first-order valence-electron chi connectivity index (χ1n) is 22.5. The largest absolute Gasteiger partial charge is 0.310 e. The van der Waals surface area contributed by atoms with Gasteiger partial charge < -0.3 is 9.47 Å². The number of nitrogens with zero attached hydrogens (tertiary/aromatic N) is 2. The molecule has 0 aliphatic heterocycles. The molecule has 0 saturated carbocycles. The van der Waals surface area contributed by atoms with Crippen LogP contribution in [0.2, 0.25) is 0 Å². The van der Waals surface area contributed by atoms with Gasteiger partial charge in [-0.2, -0.15) is 0 Å². The number of anilines is 3. The average molecular weight is 829 g/mol. The second-order valence-electron chi connectivity index (χ2n) is 16.8. The molecule has 1 aromatic heterocycles. The van der Waals surface area contributed by atoms with Crippen molar-refractivity contribution in [3.05, 3.63) is 271 Å². The van der Waals surface area contributed by atoms with Gasteiger partial charge in [0, 0.05) is 33.2 Å². The highest BCUT2D eigenvalue weighted by atomic mass is 15.1. The van der Waals surface area contributed by atoms with Crippen molar-refractivity contribution < 1.29 is 0 Å². The molecular weight excluding hydrogens is 785 g/mol. The van der Waals surface area contributed by atoms with Crippen molar-refractivity contribution in [3.8, 4) is 16.8 Å². The topological polar surface area (TPSA) is 8.17 Å². The van der Waals surface area contributed by atoms with E-state index in [2.05, 4.69) is 252 Å². The Hall–Kier alpha value is -8.46. The molecule has 0 atom stereocenters. The summed E-state index contributed by atoms with van der Waals surface area (Å²) < 4.78 is 2.40. The molecule has 0 radical (unpaired) electrons. The third-order valence-corrected chi connectivity index (χ3v) is 13.0. The number of fused-ring (bicyclic) bond motifs is 9. The molecular formula is C63H44N2. The van der Waals surface area contributed by atoms with E-state index in [0.717, 1.165) is 22.7 Å². The molecule has 2 heteroatoms. The maximum Gasteiger partial charge on any atom is 0.0546 e. The Kier molecular flexibility index (Phi) is 9.43. The van der Waals surface area contributed by atoms with E-state index in [1.165, 1.54) is 93.4 Å². The van der Waals surface area contributed by atoms with Crippen LogP contribution in [0.5, 0.6) is 0 Å². The zero-order valence-corrected chi connectivity index (χ0v) is 36.1. The lowest BCUT2D eigenvalue weighted by Crippen LogP contribution is -2.11. The third-order valence-electron chi connectivity index (χ3n) is 13.0. The second-order valence-corrected chi connectivity index (χ2v) is 16.8. The summed E-state index contributed by atoms with van der Waals surface area (Å²) in [4.78, 5) is 2.50. The van der Waals surface area contributed by atoms with E-state index < -0.39 is 0 Å². The van der Waals surface area contributed by atoms with Gasteiger partial charge in [-0.15, -0.1) is 0 Å². The molecule has 0 bridgehead atoms. The van der Waals surface area contributed by atoms with Crippen LogP contribution in [0.1, 0.15) is 34.7 Å². The van der Waals surface area contributed by atoms with Gasteiger partial charge in [0.05, 0.1) is 16.7 Å². The van der Waals surface area contributed by atoms with E-state index in [9.17, 15) is 0 Å². The van der Waals surface area contributed by atoms with E-state index in [4.69, 9.17) is 0 Å². The summed E-state index contributed by atoms with van der Waals surface area (Å²) in [5, 5.41) is 7.31. The summed E-state index contributed by atoms with van der Waals surface area (Å²) in [7, 11) is 0.